The van der Waals surface area contributed by atoms with Crippen molar-refractivity contribution < 1.29 is 31.1 Å². The highest BCUT2D eigenvalue weighted by Crippen LogP contribution is 2.41. The first-order valence-electron chi connectivity index (χ1n) is 15.7. The Kier molecular flexibility index (Phi) is 10.1. The van der Waals surface area contributed by atoms with Crippen molar-refractivity contribution in [3.8, 4) is 5.69 Å². The summed E-state index contributed by atoms with van der Waals surface area (Å²) in [4.78, 5) is 35.5. The van der Waals surface area contributed by atoms with Crippen molar-refractivity contribution in [2.45, 2.75) is 90.0 Å². The molecule has 2 N–H and O–H groups in total. The number of nitrogens with zero attached hydrogens (tertiary/aromatic N) is 3. The maximum absolute atomic E-state index is 14.7. The summed E-state index contributed by atoms with van der Waals surface area (Å²) in [6.07, 6.45) is -2.89. The zero-order valence-electron chi connectivity index (χ0n) is 26.6. The summed E-state index contributed by atoms with van der Waals surface area (Å²) in [5.74, 6) is -5.37. The predicted octanol–water partition coefficient (Wildman–Crippen LogP) is 8.10. The quantitative estimate of drug-likeness (QED) is 0.0956. The lowest BCUT2D eigenvalue weighted by molar-refractivity contribution is -0.110. The lowest BCUT2D eigenvalue weighted by atomic mass is 9.84. The van der Waals surface area contributed by atoms with Crippen LogP contribution in [0.2, 0.25) is 0 Å². The Morgan fingerprint density at radius 1 is 1.08 bits per heavy atom. The van der Waals surface area contributed by atoms with E-state index in [1.54, 1.807) is 26.0 Å². The third kappa shape index (κ3) is 7.00. The fourth-order valence-corrected chi connectivity index (χ4v) is 6.62. The third-order valence-electron chi connectivity index (χ3n) is 8.92. The summed E-state index contributed by atoms with van der Waals surface area (Å²) in [5, 5.41) is 10.8. The number of carbonyl (C=O) groups excluding carboxylic acids is 1. The molecule has 1 saturated carbocycles. The number of amides is 1. The summed E-state index contributed by atoms with van der Waals surface area (Å²) in [6, 6.07) is 5.91. The van der Waals surface area contributed by atoms with E-state index >= 15 is 0 Å². The Bertz CT molecular complexity index is 1910. The van der Waals surface area contributed by atoms with Crippen LogP contribution in [0, 0.1) is 30.9 Å². The van der Waals surface area contributed by atoms with Crippen molar-refractivity contribution in [1.82, 2.24) is 19.9 Å². The summed E-state index contributed by atoms with van der Waals surface area (Å²) in [5.41, 5.74) is 0.498. The monoisotopic (exact) mass is 671 g/mol. The van der Waals surface area contributed by atoms with Crippen molar-refractivity contribution in [2.75, 3.05) is 0 Å². The van der Waals surface area contributed by atoms with E-state index in [4.69, 9.17) is 5.41 Å². The molecule has 2 aromatic carbocycles. The minimum absolute atomic E-state index is 0.00633. The van der Waals surface area contributed by atoms with Gasteiger partial charge < -0.3 is 10.7 Å². The van der Waals surface area contributed by atoms with Crippen LogP contribution in [0.15, 0.2) is 41.2 Å². The predicted molar refractivity (Wildman–Crippen MR) is 169 cm³/mol. The van der Waals surface area contributed by atoms with Gasteiger partial charge in [-0.3, -0.25) is 14.2 Å². The smallest absolute Gasteiger partial charge is 0.268 e. The number of hydrogen-bond acceptors (Lipinski definition) is 5. The van der Waals surface area contributed by atoms with E-state index in [9.17, 15) is 35.9 Å². The SMILES string of the molecule is CCCC(=N)c1c(C)ccc(-n2c(C(Cc3cc(F)cc(F)c3)NC=O)nc3nc(C4CCC(F)(F)CC4)cc(C(F)F)c3c2=O)c1C. The number of fused-ring (bicyclic) bond motifs is 1. The number of nitrogens with one attached hydrogen (secondary N) is 2. The minimum atomic E-state index is -3.15. The first kappa shape index (κ1) is 34.8. The highest BCUT2D eigenvalue weighted by atomic mass is 19.3. The average Bonchev–Trinajstić information content (AvgIpc) is 3.00. The average molecular weight is 672 g/mol. The number of pyridine rings is 1. The molecule has 0 aliphatic heterocycles. The summed E-state index contributed by atoms with van der Waals surface area (Å²) >= 11 is 0. The van der Waals surface area contributed by atoms with Crippen LogP contribution in [0.1, 0.15) is 103 Å². The number of benzene rings is 2. The molecule has 0 bridgehead atoms. The van der Waals surface area contributed by atoms with Crippen LogP contribution in [0.5, 0.6) is 0 Å². The van der Waals surface area contributed by atoms with Gasteiger partial charge in [0.25, 0.3) is 12.0 Å². The molecule has 1 aliphatic rings. The van der Waals surface area contributed by atoms with Gasteiger partial charge in [-0.2, -0.15) is 0 Å². The topological polar surface area (TPSA) is 101 Å². The second-order valence-electron chi connectivity index (χ2n) is 12.3. The summed E-state index contributed by atoms with van der Waals surface area (Å²) in [6.45, 7) is 5.39. The highest BCUT2D eigenvalue weighted by Gasteiger charge is 2.37. The van der Waals surface area contributed by atoms with Crippen molar-refractivity contribution in [3.05, 3.63) is 97.7 Å². The molecule has 4 aromatic rings. The van der Waals surface area contributed by atoms with Crippen LogP contribution in [0.3, 0.4) is 0 Å². The van der Waals surface area contributed by atoms with Crippen molar-refractivity contribution in [1.29, 1.82) is 5.41 Å². The Balaban J connectivity index is 1.83. The molecule has 1 atom stereocenters. The molecule has 2 heterocycles. The largest absolute Gasteiger partial charge is 0.348 e. The van der Waals surface area contributed by atoms with Crippen molar-refractivity contribution in [3.63, 3.8) is 0 Å². The normalized spacial score (nSPS) is 15.5. The molecule has 1 amide bonds. The molecule has 254 valence electrons. The van der Waals surface area contributed by atoms with Crippen LogP contribution < -0.4 is 10.9 Å². The molecule has 13 heteroatoms. The van der Waals surface area contributed by atoms with Gasteiger partial charge in [0.1, 0.15) is 17.5 Å². The number of halogens is 6. The maximum Gasteiger partial charge on any atom is 0.268 e. The molecular formula is C35H35F6N5O2. The number of carbonyl (C=O) groups is 1. The molecule has 1 aliphatic carbocycles. The fourth-order valence-electron chi connectivity index (χ4n) is 6.62. The van der Waals surface area contributed by atoms with Gasteiger partial charge in [-0.15, -0.1) is 0 Å². The third-order valence-corrected chi connectivity index (χ3v) is 8.92. The molecule has 0 saturated heterocycles. The van der Waals surface area contributed by atoms with Gasteiger partial charge >= 0.3 is 0 Å². The van der Waals surface area contributed by atoms with Gasteiger partial charge in [-0.25, -0.2) is 36.3 Å². The first-order valence-corrected chi connectivity index (χ1v) is 15.7. The molecule has 5 rings (SSSR count). The molecule has 1 unspecified atom stereocenters. The van der Waals surface area contributed by atoms with Crippen molar-refractivity contribution in [2.24, 2.45) is 0 Å². The van der Waals surface area contributed by atoms with E-state index in [-0.39, 0.29) is 47.7 Å². The second-order valence-corrected chi connectivity index (χ2v) is 12.3. The lowest BCUT2D eigenvalue weighted by Gasteiger charge is -2.28. The van der Waals surface area contributed by atoms with Gasteiger partial charge in [0.05, 0.1) is 17.1 Å². The Labute approximate surface area is 272 Å². The minimum Gasteiger partial charge on any atom is -0.348 e. The number of hydrogen-bond donors (Lipinski definition) is 2. The van der Waals surface area contributed by atoms with E-state index in [1.165, 1.54) is 0 Å². The van der Waals surface area contributed by atoms with E-state index in [0.29, 0.717) is 42.2 Å². The number of alkyl halides is 4. The molecule has 2 aromatic heterocycles. The van der Waals surface area contributed by atoms with E-state index in [1.807, 2.05) is 6.92 Å². The highest BCUT2D eigenvalue weighted by molar-refractivity contribution is 6.01. The second kappa shape index (κ2) is 13.9. The van der Waals surface area contributed by atoms with Crippen LogP contribution >= 0.6 is 0 Å². The number of rotatable bonds is 11. The van der Waals surface area contributed by atoms with Gasteiger partial charge in [0, 0.05) is 53.8 Å². The molecule has 0 radical (unpaired) electrons. The lowest BCUT2D eigenvalue weighted by Crippen LogP contribution is -2.33. The van der Waals surface area contributed by atoms with E-state index in [2.05, 4.69) is 15.3 Å². The van der Waals surface area contributed by atoms with Crippen LogP contribution in [0.25, 0.3) is 16.7 Å². The van der Waals surface area contributed by atoms with E-state index < -0.39 is 65.3 Å². The van der Waals surface area contributed by atoms with Crippen molar-refractivity contribution >= 4 is 23.2 Å². The van der Waals surface area contributed by atoms with Crippen LogP contribution in [0.4, 0.5) is 26.3 Å². The fraction of sp³-hybridized carbons (Fsp3) is 0.400. The Hall–Kier alpha value is -4.55. The first-order chi connectivity index (χ1) is 22.7. The number of aromatic nitrogens is 3. The summed E-state index contributed by atoms with van der Waals surface area (Å²) in [7, 11) is 0. The van der Waals surface area contributed by atoms with Crippen LogP contribution in [-0.2, 0) is 11.2 Å². The van der Waals surface area contributed by atoms with E-state index in [0.717, 1.165) is 28.3 Å². The summed E-state index contributed by atoms with van der Waals surface area (Å²) < 4.78 is 86.8. The molecule has 48 heavy (non-hydrogen) atoms. The maximum atomic E-state index is 14.7. The zero-order chi connectivity index (χ0) is 34.9. The molecular weight excluding hydrogens is 636 g/mol. The number of aryl methyl sites for hydroxylation is 1. The van der Waals surface area contributed by atoms with Gasteiger partial charge in [-0.05, 0) is 74.1 Å². The van der Waals surface area contributed by atoms with Crippen LogP contribution in [-0.4, -0.2) is 32.6 Å². The van der Waals surface area contributed by atoms with Gasteiger partial charge in [-0.1, -0.05) is 19.4 Å². The molecule has 1 fully saturated rings. The zero-order valence-corrected chi connectivity index (χ0v) is 26.6. The molecule has 0 spiro atoms. The van der Waals surface area contributed by atoms with Gasteiger partial charge in [0.15, 0.2) is 5.65 Å². The Morgan fingerprint density at radius 3 is 2.35 bits per heavy atom. The standard InChI is InChI=1S/C35H35F6N5O2/c1-4-5-25(42)29-18(2)6-7-28(19(29)3)46-33(27(43-17-47)14-20-12-22(36)15-23(37)13-20)45-32-30(34(46)48)24(31(38)39)16-26(44-32)21-8-10-35(40,41)11-9-21/h6-7,12-13,15-17,21,27,31,42H,4-5,8-11,14H2,1-3H3,(H,43,47). The Morgan fingerprint density at radius 2 is 1.75 bits per heavy atom. The van der Waals surface area contributed by atoms with Gasteiger partial charge in [0.2, 0.25) is 12.3 Å². The molecule has 7 nitrogen and oxygen atoms in total.